The fourth-order valence-electron chi connectivity index (χ4n) is 4.97. The predicted molar refractivity (Wildman–Crippen MR) is 136 cm³/mol. The van der Waals surface area contributed by atoms with Gasteiger partial charge in [0.25, 0.3) is 5.91 Å². The number of carbonyl (C=O) groups is 4. The first kappa shape index (κ1) is 24.1. The van der Waals surface area contributed by atoms with E-state index in [0.717, 1.165) is 22.0 Å². The van der Waals surface area contributed by atoms with Crippen LogP contribution in [-0.4, -0.2) is 52.0 Å². The van der Waals surface area contributed by atoms with Gasteiger partial charge in [0.15, 0.2) is 5.78 Å². The number of rotatable bonds is 7. The lowest BCUT2D eigenvalue weighted by molar-refractivity contribution is -0.140. The van der Waals surface area contributed by atoms with E-state index < -0.39 is 35.4 Å². The molecule has 0 radical (unpaired) electrons. The Balaban J connectivity index is 1.51. The topological polar surface area (TPSA) is 109 Å². The SMILES string of the molecule is COC(=O)c1ccc(C2C(C(=O)c3cccnc3)C(=O)C(=O)N2CCc2c[nH]c3cc(C)ccc23)cc1. The monoisotopic (exact) mass is 495 g/mol. The lowest BCUT2D eigenvalue weighted by Crippen LogP contribution is -2.32. The molecule has 8 heteroatoms. The average Bonchev–Trinajstić information content (AvgIpc) is 3.44. The number of pyridine rings is 1. The highest BCUT2D eigenvalue weighted by Gasteiger charge is 2.51. The first-order valence-corrected chi connectivity index (χ1v) is 11.9. The lowest BCUT2D eigenvalue weighted by Gasteiger charge is -2.27. The number of methoxy groups -OCH3 is 1. The number of esters is 1. The number of fused-ring (bicyclic) bond motifs is 1. The number of benzene rings is 2. The molecule has 2 aromatic carbocycles. The molecule has 2 aromatic heterocycles. The van der Waals surface area contributed by atoms with Crippen LogP contribution in [0, 0.1) is 12.8 Å². The molecule has 0 aliphatic carbocycles. The Morgan fingerprint density at radius 3 is 2.54 bits per heavy atom. The van der Waals surface area contributed by atoms with E-state index in [0.29, 0.717) is 17.5 Å². The normalized spacial score (nSPS) is 17.4. The third-order valence-electron chi connectivity index (χ3n) is 6.85. The van der Waals surface area contributed by atoms with E-state index in [1.807, 2.05) is 25.3 Å². The van der Waals surface area contributed by atoms with Crippen LogP contribution in [0.15, 0.2) is 73.2 Å². The van der Waals surface area contributed by atoms with Gasteiger partial charge in [-0.05, 0) is 60.4 Å². The standard InChI is InChI=1S/C29H25N3O5/c1-17-5-10-22-20(16-31-23(22)14-17)11-13-32-25(18-6-8-19(9-7-18)29(36)37-2)24(27(34)28(32)35)26(33)21-4-3-12-30-15-21/h3-10,12,14-16,24-25,31H,11,13H2,1-2H3. The number of ether oxygens (including phenoxy) is 1. The summed E-state index contributed by atoms with van der Waals surface area (Å²) in [5.41, 5.74) is 4.32. The van der Waals surface area contributed by atoms with Crippen molar-refractivity contribution in [2.24, 2.45) is 5.92 Å². The molecule has 1 N–H and O–H groups in total. The third kappa shape index (κ3) is 4.42. The van der Waals surface area contributed by atoms with Crippen molar-refractivity contribution in [2.75, 3.05) is 13.7 Å². The highest BCUT2D eigenvalue weighted by Crippen LogP contribution is 2.38. The molecule has 4 aromatic rings. The van der Waals surface area contributed by atoms with E-state index in [9.17, 15) is 19.2 Å². The predicted octanol–water partition coefficient (Wildman–Crippen LogP) is 3.85. The van der Waals surface area contributed by atoms with E-state index in [4.69, 9.17) is 4.74 Å². The van der Waals surface area contributed by atoms with E-state index in [1.54, 1.807) is 36.4 Å². The van der Waals surface area contributed by atoms with Crippen LogP contribution >= 0.6 is 0 Å². The van der Waals surface area contributed by atoms with Crippen molar-refractivity contribution in [3.63, 3.8) is 0 Å². The smallest absolute Gasteiger partial charge is 0.337 e. The van der Waals surface area contributed by atoms with Gasteiger partial charge >= 0.3 is 5.97 Å². The van der Waals surface area contributed by atoms with Gasteiger partial charge in [0.2, 0.25) is 5.78 Å². The summed E-state index contributed by atoms with van der Waals surface area (Å²) in [4.78, 5) is 60.6. The van der Waals surface area contributed by atoms with Crippen LogP contribution in [-0.2, 0) is 20.7 Å². The van der Waals surface area contributed by atoms with Crippen LogP contribution < -0.4 is 0 Å². The second-order valence-electron chi connectivity index (χ2n) is 9.12. The summed E-state index contributed by atoms with van der Waals surface area (Å²) in [5, 5.41) is 1.05. The first-order valence-electron chi connectivity index (χ1n) is 11.9. The van der Waals surface area contributed by atoms with Gasteiger partial charge in [-0.3, -0.25) is 19.4 Å². The molecule has 37 heavy (non-hydrogen) atoms. The molecule has 3 heterocycles. The van der Waals surface area contributed by atoms with Crippen molar-refractivity contribution in [1.29, 1.82) is 0 Å². The van der Waals surface area contributed by atoms with Crippen molar-refractivity contribution in [2.45, 2.75) is 19.4 Å². The maximum absolute atomic E-state index is 13.5. The highest BCUT2D eigenvalue weighted by atomic mass is 16.5. The summed E-state index contributed by atoms with van der Waals surface area (Å²) in [7, 11) is 1.29. The number of likely N-dealkylation sites (tertiary alicyclic amines) is 1. The number of nitrogens with one attached hydrogen (secondary N) is 1. The van der Waals surface area contributed by atoms with Crippen LogP contribution in [0.2, 0.25) is 0 Å². The van der Waals surface area contributed by atoms with Crippen LogP contribution in [0.4, 0.5) is 0 Å². The molecule has 1 aliphatic rings. The molecule has 8 nitrogen and oxygen atoms in total. The van der Waals surface area contributed by atoms with Gasteiger partial charge in [-0.25, -0.2) is 4.79 Å². The Hall–Kier alpha value is -4.59. The number of nitrogens with zero attached hydrogens (tertiary/aromatic N) is 2. The van der Waals surface area contributed by atoms with Crippen molar-refractivity contribution in [1.82, 2.24) is 14.9 Å². The van der Waals surface area contributed by atoms with E-state index >= 15 is 0 Å². The number of carbonyl (C=O) groups excluding carboxylic acids is 4. The number of aromatic amines is 1. The first-order chi connectivity index (χ1) is 17.9. The number of aryl methyl sites for hydroxylation is 1. The molecule has 0 bridgehead atoms. The van der Waals surface area contributed by atoms with Gasteiger partial charge in [0.1, 0.15) is 5.92 Å². The second kappa shape index (κ2) is 9.81. The van der Waals surface area contributed by atoms with E-state index in [1.165, 1.54) is 24.4 Å². The fourth-order valence-corrected chi connectivity index (χ4v) is 4.97. The zero-order valence-corrected chi connectivity index (χ0v) is 20.4. The Labute approximate surface area is 213 Å². The van der Waals surface area contributed by atoms with Gasteiger partial charge in [-0.2, -0.15) is 0 Å². The van der Waals surface area contributed by atoms with Gasteiger partial charge < -0.3 is 14.6 Å². The minimum atomic E-state index is -1.22. The van der Waals surface area contributed by atoms with Crippen molar-refractivity contribution >= 4 is 34.3 Å². The highest BCUT2D eigenvalue weighted by molar-refractivity contribution is 6.44. The summed E-state index contributed by atoms with van der Waals surface area (Å²) < 4.78 is 4.77. The van der Waals surface area contributed by atoms with Crippen molar-refractivity contribution in [3.8, 4) is 0 Å². The Morgan fingerprint density at radius 1 is 1.05 bits per heavy atom. The molecule has 1 aliphatic heterocycles. The number of hydrogen-bond acceptors (Lipinski definition) is 6. The second-order valence-corrected chi connectivity index (χ2v) is 9.12. The Morgan fingerprint density at radius 2 is 1.84 bits per heavy atom. The van der Waals surface area contributed by atoms with E-state index in [2.05, 4.69) is 16.0 Å². The van der Waals surface area contributed by atoms with Gasteiger partial charge in [0.05, 0.1) is 18.7 Å². The number of H-pyrrole nitrogens is 1. The van der Waals surface area contributed by atoms with Gasteiger partial charge in [-0.15, -0.1) is 0 Å². The van der Waals surface area contributed by atoms with Crippen LogP contribution in [0.3, 0.4) is 0 Å². The molecule has 2 unspecified atom stereocenters. The summed E-state index contributed by atoms with van der Waals surface area (Å²) in [6, 6.07) is 15.0. The number of hydrogen-bond donors (Lipinski definition) is 1. The molecular formula is C29H25N3O5. The largest absolute Gasteiger partial charge is 0.465 e. The molecule has 0 saturated carbocycles. The van der Waals surface area contributed by atoms with Crippen molar-refractivity contribution in [3.05, 3.63) is 101 Å². The molecule has 1 fully saturated rings. The molecule has 5 rings (SSSR count). The number of Topliss-reactive ketones (excluding diaryl/α,β-unsaturated/α-hetero) is 2. The number of ketones is 2. The maximum Gasteiger partial charge on any atom is 0.337 e. The summed E-state index contributed by atoms with van der Waals surface area (Å²) in [6.45, 7) is 2.26. The molecule has 186 valence electrons. The zero-order valence-electron chi connectivity index (χ0n) is 20.4. The summed E-state index contributed by atoms with van der Waals surface area (Å²) >= 11 is 0. The van der Waals surface area contributed by atoms with Crippen LogP contribution in [0.25, 0.3) is 10.9 Å². The molecule has 1 amide bonds. The molecule has 1 saturated heterocycles. The Bertz CT molecular complexity index is 1510. The van der Waals surface area contributed by atoms with Crippen molar-refractivity contribution < 1.29 is 23.9 Å². The minimum Gasteiger partial charge on any atom is -0.465 e. The third-order valence-corrected chi connectivity index (χ3v) is 6.85. The molecule has 0 spiro atoms. The van der Waals surface area contributed by atoms with Crippen LogP contribution in [0.5, 0.6) is 0 Å². The average molecular weight is 496 g/mol. The fraction of sp³-hybridized carbons (Fsp3) is 0.207. The van der Waals surface area contributed by atoms with Gasteiger partial charge in [-0.1, -0.05) is 24.3 Å². The quantitative estimate of drug-likeness (QED) is 0.181. The Kier molecular flexibility index (Phi) is 6.40. The van der Waals surface area contributed by atoms with Gasteiger partial charge in [0, 0.05) is 41.6 Å². The maximum atomic E-state index is 13.5. The number of amides is 1. The van der Waals surface area contributed by atoms with Crippen LogP contribution in [0.1, 0.15) is 43.4 Å². The zero-order chi connectivity index (χ0) is 26.1. The number of aromatic nitrogens is 2. The summed E-state index contributed by atoms with van der Waals surface area (Å²) in [6.07, 6.45) is 5.34. The summed E-state index contributed by atoms with van der Waals surface area (Å²) in [5.74, 6) is -3.62. The van der Waals surface area contributed by atoms with E-state index in [-0.39, 0.29) is 12.1 Å². The molecular weight excluding hydrogens is 470 g/mol. The lowest BCUT2D eigenvalue weighted by atomic mass is 9.86. The molecule has 2 atom stereocenters. The minimum absolute atomic E-state index is 0.242.